The Kier molecular flexibility index (Phi) is 5.43. The molecule has 0 aliphatic carbocycles. The third-order valence-corrected chi connectivity index (χ3v) is 4.24. The molecule has 2 rings (SSSR count). The fourth-order valence-corrected chi connectivity index (χ4v) is 3.07. The Hall–Kier alpha value is -1.53. The van der Waals surface area contributed by atoms with Crippen LogP contribution in [0.5, 0.6) is 5.75 Å². The summed E-state index contributed by atoms with van der Waals surface area (Å²) in [5, 5.41) is 9.04. The van der Waals surface area contributed by atoms with E-state index >= 15 is 0 Å². The maximum absolute atomic E-state index is 9.04. The number of rotatable bonds is 4. The van der Waals surface area contributed by atoms with Crippen LogP contribution in [0.2, 0.25) is 0 Å². The van der Waals surface area contributed by atoms with Crippen LogP contribution < -0.4 is 4.74 Å². The molecule has 0 N–H and O–H groups in total. The third-order valence-electron chi connectivity index (χ3n) is 4.24. The van der Waals surface area contributed by atoms with Crippen LogP contribution >= 0.6 is 0 Å². The largest absolute Gasteiger partial charge is 0.495 e. The van der Waals surface area contributed by atoms with Gasteiger partial charge in [0, 0.05) is 12.6 Å². The number of hydrogen-bond donors (Lipinski definition) is 0. The zero-order valence-corrected chi connectivity index (χ0v) is 12.6. The molecule has 1 aliphatic heterocycles. The maximum Gasteiger partial charge on any atom is 0.136 e. The lowest BCUT2D eigenvalue weighted by atomic mass is 10.1. The summed E-state index contributed by atoms with van der Waals surface area (Å²) in [6.45, 7) is 4.42. The van der Waals surface area contributed by atoms with Crippen LogP contribution in [-0.2, 0) is 6.54 Å². The van der Waals surface area contributed by atoms with Crippen LogP contribution in [0.3, 0.4) is 0 Å². The van der Waals surface area contributed by atoms with Gasteiger partial charge in [-0.1, -0.05) is 25.8 Å². The molecule has 1 fully saturated rings. The highest BCUT2D eigenvalue weighted by molar-refractivity contribution is 5.45. The van der Waals surface area contributed by atoms with Crippen molar-refractivity contribution >= 4 is 0 Å². The standard InChI is InChI=1S/C17H24N2O/c1-3-16-7-5-4-6-10-19(16)13-14-8-9-15(12-18)17(11-14)20-2/h8-9,11,16H,3-7,10,13H2,1-2H3. The molecule has 0 aromatic heterocycles. The molecule has 108 valence electrons. The second-order valence-corrected chi connectivity index (χ2v) is 5.53. The number of likely N-dealkylation sites (tertiary alicyclic amines) is 1. The Labute approximate surface area is 122 Å². The van der Waals surface area contributed by atoms with Gasteiger partial charge in [-0.3, -0.25) is 4.90 Å². The number of nitrogens with zero attached hydrogens (tertiary/aromatic N) is 2. The van der Waals surface area contributed by atoms with Gasteiger partial charge < -0.3 is 4.74 Å². The summed E-state index contributed by atoms with van der Waals surface area (Å²) >= 11 is 0. The second-order valence-electron chi connectivity index (χ2n) is 5.53. The van der Waals surface area contributed by atoms with E-state index in [0.29, 0.717) is 17.4 Å². The fourth-order valence-electron chi connectivity index (χ4n) is 3.07. The first kappa shape index (κ1) is 14.9. The second kappa shape index (κ2) is 7.31. The molecule has 1 unspecified atom stereocenters. The number of nitriles is 1. The lowest BCUT2D eigenvalue weighted by Crippen LogP contribution is -2.33. The fraction of sp³-hybridized carbons (Fsp3) is 0.588. The maximum atomic E-state index is 9.04. The molecule has 3 heteroatoms. The van der Waals surface area contributed by atoms with Crippen molar-refractivity contribution in [3.63, 3.8) is 0 Å². The summed E-state index contributed by atoms with van der Waals surface area (Å²) in [5.74, 6) is 0.688. The SMILES string of the molecule is CCC1CCCCCN1Cc1ccc(C#N)c(OC)c1. The predicted molar refractivity (Wildman–Crippen MR) is 80.7 cm³/mol. The lowest BCUT2D eigenvalue weighted by Gasteiger charge is -2.29. The summed E-state index contributed by atoms with van der Waals surface area (Å²) < 4.78 is 5.30. The van der Waals surface area contributed by atoms with E-state index in [4.69, 9.17) is 10.00 Å². The van der Waals surface area contributed by atoms with E-state index in [2.05, 4.69) is 24.0 Å². The quantitative estimate of drug-likeness (QED) is 0.838. The summed E-state index contributed by atoms with van der Waals surface area (Å²) in [4.78, 5) is 2.59. The van der Waals surface area contributed by atoms with E-state index in [1.165, 1.54) is 44.2 Å². The normalized spacial score (nSPS) is 20.1. The van der Waals surface area contributed by atoms with E-state index in [1.807, 2.05) is 12.1 Å². The molecule has 0 bridgehead atoms. The summed E-state index contributed by atoms with van der Waals surface area (Å²) in [6, 6.07) is 8.79. The first-order chi connectivity index (χ1) is 9.78. The molecule has 1 aromatic rings. The van der Waals surface area contributed by atoms with Crippen molar-refractivity contribution in [3.05, 3.63) is 29.3 Å². The van der Waals surface area contributed by atoms with Crippen molar-refractivity contribution in [1.82, 2.24) is 4.90 Å². The van der Waals surface area contributed by atoms with E-state index < -0.39 is 0 Å². The minimum absolute atomic E-state index is 0.610. The summed E-state index contributed by atoms with van der Waals surface area (Å²) in [5.41, 5.74) is 1.85. The van der Waals surface area contributed by atoms with Gasteiger partial charge in [0.15, 0.2) is 0 Å². The Morgan fingerprint density at radius 2 is 2.20 bits per heavy atom. The smallest absolute Gasteiger partial charge is 0.136 e. The zero-order valence-electron chi connectivity index (χ0n) is 12.6. The predicted octanol–water partition coefficient (Wildman–Crippen LogP) is 3.72. The van der Waals surface area contributed by atoms with Gasteiger partial charge in [-0.2, -0.15) is 5.26 Å². The van der Waals surface area contributed by atoms with Crippen molar-refractivity contribution in [3.8, 4) is 11.8 Å². The highest BCUT2D eigenvalue weighted by atomic mass is 16.5. The lowest BCUT2D eigenvalue weighted by molar-refractivity contribution is 0.186. The molecule has 0 saturated carbocycles. The number of ether oxygens (including phenoxy) is 1. The first-order valence-corrected chi connectivity index (χ1v) is 7.59. The molecule has 0 amide bonds. The summed E-state index contributed by atoms with van der Waals surface area (Å²) in [6.07, 6.45) is 6.52. The van der Waals surface area contributed by atoms with Crippen molar-refractivity contribution < 1.29 is 4.74 Å². The van der Waals surface area contributed by atoms with Gasteiger partial charge >= 0.3 is 0 Å². The Balaban J connectivity index is 2.13. The highest BCUT2D eigenvalue weighted by Crippen LogP contribution is 2.24. The van der Waals surface area contributed by atoms with Gasteiger partial charge in [0.2, 0.25) is 0 Å². The van der Waals surface area contributed by atoms with Crippen molar-refractivity contribution in [2.45, 2.75) is 51.6 Å². The molecule has 1 aromatic carbocycles. The minimum atomic E-state index is 0.610. The van der Waals surface area contributed by atoms with Gasteiger partial charge in [-0.25, -0.2) is 0 Å². The number of hydrogen-bond acceptors (Lipinski definition) is 3. The molecule has 3 nitrogen and oxygen atoms in total. The molecule has 20 heavy (non-hydrogen) atoms. The van der Waals surface area contributed by atoms with Crippen molar-refractivity contribution in [2.24, 2.45) is 0 Å². The molecular weight excluding hydrogens is 248 g/mol. The Morgan fingerprint density at radius 1 is 1.35 bits per heavy atom. The zero-order chi connectivity index (χ0) is 14.4. The monoisotopic (exact) mass is 272 g/mol. The van der Waals surface area contributed by atoms with Gasteiger partial charge in [0.05, 0.1) is 12.7 Å². The average molecular weight is 272 g/mol. The Bertz CT molecular complexity index is 478. The van der Waals surface area contributed by atoms with Crippen LogP contribution in [0.4, 0.5) is 0 Å². The van der Waals surface area contributed by atoms with Crippen LogP contribution in [0.1, 0.15) is 50.2 Å². The van der Waals surface area contributed by atoms with E-state index in [9.17, 15) is 0 Å². The average Bonchev–Trinajstić information content (AvgIpc) is 2.72. The van der Waals surface area contributed by atoms with Gasteiger partial charge in [-0.05, 0) is 43.5 Å². The van der Waals surface area contributed by atoms with Crippen LogP contribution in [-0.4, -0.2) is 24.6 Å². The van der Waals surface area contributed by atoms with Crippen LogP contribution in [0.15, 0.2) is 18.2 Å². The highest BCUT2D eigenvalue weighted by Gasteiger charge is 2.19. The molecule has 0 spiro atoms. The van der Waals surface area contributed by atoms with Gasteiger partial charge in [-0.15, -0.1) is 0 Å². The van der Waals surface area contributed by atoms with E-state index in [1.54, 1.807) is 7.11 Å². The molecule has 1 saturated heterocycles. The van der Waals surface area contributed by atoms with Crippen LogP contribution in [0.25, 0.3) is 0 Å². The Morgan fingerprint density at radius 3 is 2.90 bits per heavy atom. The third kappa shape index (κ3) is 3.52. The molecule has 1 aliphatic rings. The van der Waals surface area contributed by atoms with Crippen molar-refractivity contribution in [2.75, 3.05) is 13.7 Å². The van der Waals surface area contributed by atoms with E-state index in [0.717, 1.165) is 6.54 Å². The van der Waals surface area contributed by atoms with Crippen LogP contribution in [0, 0.1) is 11.3 Å². The number of methoxy groups -OCH3 is 1. The summed E-state index contributed by atoms with van der Waals surface area (Å²) in [7, 11) is 1.63. The molecular formula is C17H24N2O. The van der Waals surface area contributed by atoms with Gasteiger partial charge in [0.25, 0.3) is 0 Å². The van der Waals surface area contributed by atoms with Crippen molar-refractivity contribution in [1.29, 1.82) is 5.26 Å². The molecule has 1 atom stereocenters. The first-order valence-electron chi connectivity index (χ1n) is 7.59. The topological polar surface area (TPSA) is 36.3 Å². The van der Waals surface area contributed by atoms with E-state index in [-0.39, 0.29) is 0 Å². The number of benzene rings is 1. The van der Waals surface area contributed by atoms with Gasteiger partial charge in [0.1, 0.15) is 11.8 Å². The minimum Gasteiger partial charge on any atom is -0.495 e. The molecule has 0 radical (unpaired) electrons. The molecule has 1 heterocycles.